The first-order chi connectivity index (χ1) is 13.3. The number of amides is 4. The lowest BCUT2D eigenvalue weighted by Crippen LogP contribution is -2.51. The van der Waals surface area contributed by atoms with E-state index in [1.54, 1.807) is 0 Å². The lowest BCUT2D eigenvalue weighted by molar-refractivity contribution is -0.138. The molecule has 11 heteroatoms. The second-order valence-corrected chi connectivity index (χ2v) is 4.73. The van der Waals surface area contributed by atoms with Gasteiger partial charge in [-0.3, -0.25) is 0 Å². The van der Waals surface area contributed by atoms with Crippen molar-refractivity contribution in [1.82, 2.24) is 15.5 Å². The van der Waals surface area contributed by atoms with E-state index < -0.39 is 30.0 Å². The van der Waals surface area contributed by atoms with Crippen LogP contribution in [-0.4, -0.2) is 74.3 Å². The Balaban J connectivity index is 4.60. The third-order valence-electron chi connectivity index (χ3n) is 2.79. The number of imide groups is 1. The molecule has 0 fully saturated rings. The van der Waals surface area contributed by atoms with Crippen LogP contribution < -0.4 is 10.6 Å². The minimum atomic E-state index is -0.815. The van der Waals surface area contributed by atoms with Gasteiger partial charge in [0.1, 0.15) is 19.8 Å². The van der Waals surface area contributed by atoms with Gasteiger partial charge in [0.15, 0.2) is 0 Å². The quantitative estimate of drug-likeness (QED) is 0.201. The van der Waals surface area contributed by atoms with Crippen molar-refractivity contribution in [2.24, 2.45) is 0 Å². The molecule has 0 aliphatic heterocycles. The fraction of sp³-hybridized carbons (Fsp3) is 0.353. The Bertz CT molecular complexity index is 578. The highest BCUT2D eigenvalue weighted by Crippen LogP contribution is 1.94. The molecule has 2 N–H and O–H groups in total. The molecule has 0 bridgehead atoms. The predicted octanol–water partition coefficient (Wildman–Crippen LogP) is -0.105. The van der Waals surface area contributed by atoms with E-state index >= 15 is 0 Å². The summed E-state index contributed by atoms with van der Waals surface area (Å²) in [5, 5.41) is 4.74. The molecule has 0 saturated carbocycles. The number of hydrogen-bond acceptors (Lipinski definition) is 8. The standard InChI is InChI=1S/C17H23N3O8/c1-4-13(21)26-10-7-18-16(24)20(9-12-28-15(23)6-3)17(25)19-8-11-27-14(22)5-2/h4-6H,1-3,7-12H2,(H,18,24)(H,19,25). The van der Waals surface area contributed by atoms with E-state index in [-0.39, 0.29) is 39.5 Å². The van der Waals surface area contributed by atoms with Crippen molar-refractivity contribution in [3.63, 3.8) is 0 Å². The van der Waals surface area contributed by atoms with Crippen molar-refractivity contribution in [2.75, 3.05) is 39.5 Å². The van der Waals surface area contributed by atoms with Crippen molar-refractivity contribution in [1.29, 1.82) is 0 Å². The maximum absolute atomic E-state index is 12.2. The molecule has 11 nitrogen and oxygen atoms in total. The SMILES string of the molecule is C=CC(=O)OCCNC(=O)N(CCOC(=O)C=C)C(=O)NCCOC(=O)C=C. The summed E-state index contributed by atoms with van der Waals surface area (Å²) in [6.45, 7) is 8.77. The first-order valence-electron chi connectivity index (χ1n) is 8.06. The normalized spacial score (nSPS) is 9.29. The number of urea groups is 2. The van der Waals surface area contributed by atoms with E-state index in [0.717, 1.165) is 23.1 Å². The van der Waals surface area contributed by atoms with Crippen molar-refractivity contribution < 1.29 is 38.2 Å². The molecule has 154 valence electrons. The van der Waals surface area contributed by atoms with Crippen LogP contribution in [0.5, 0.6) is 0 Å². The zero-order valence-electron chi connectivity index (χ0n) is 15.3. The molecular formula is C17H23N3O8. The summed E-state index contributed by atoms with van der Waals surface area (Å²) in [7, 11) is 0. The summed E-state index contributed by atoms with van der Waals surface area (Å²) in [6.07, 6.45) is 2.87. The Kier molecular flexibility index (Phi) is 12.6. The Labute approximate surface area is 162 Å². The van der Waals surface area contributed by atoms with Crippen LogP contribution in [0.2, 0.25) is 0 Å². The highest BCUT2D eigenvalue weighted by molar-refractivity contribution is 5.93. The molecule has 0 radical (unpaired) electrons. The van der Waals surface area contributed by atoms with Crippen molar-refractivity contribution >= 4 is 30.0 Å². The Morgan fingerprint density at radius 3 is 1.39 bits per heavy atom. The largest absolute Gasteiger partial charge is 0.461 e. The molecule has 0 saturated heterocycles. The van der Waals surface area contributed by atoms with Crippen molar-refractivity contribution in [3.05, 3.63) is 38.0 Å². The Hall–Kier alpha value is -3.63. The van der Waals surface area contributed by atoms with Crippen LogP contribution in [0.25, 0.3) is 0 Å². The third-order valence-corrected chi connectivity index (χ3v) is 2.79. The number of ether oxygens (including phenoxy) is 3. The third kappa shape index (κ3) is 11.1. The van der Waals surface area contributed by atoms with E-state index in [4.69, 9.17) is 14.2 Å². The molecule has 4 amide bonds. The number of carbonyl (C=O) groups excluding carboxylic acids is 5. The zero-order chi connectivity index (χ0) is 21.4. The van der Waals surface area contributed by atoms with Gasteiger partial charge in [-0.25, -0.2) is 28.9 Å². The second-order valence-electron chi connectivity index (χ2n) is 4.73. The molecule has 0 spiro atoms. The number of esters is 3. The molecule has 0 atom stereocenters. The van der Waals surface area contributed by atoms with Gasteiger partial charge in [0, 0.05) is 18.2 Å². The van der Waals surface area contributed by atoms with Gasteiger partial charge in [0.25, 0.3) is 0 Å². The average Bonchev–Trinajstić information content (AvgIpc) is 2.70. The first kappa shape index (κ1) is 24.4. The molecule has 0 aliphatic rings. The fourth-order valence-electron chi connectivity index (χ4n) is 1.52. The molecule has 0 rings (SSSR count). The Morgan fingerprint density at radius 2 is 1.04 bits per heavy atom. The number of nitrogens with one attached hydrogen (secondary N) is 2. The summed E-state index contributed by atoms with van der Waals surface area (Å²) in [4.78, 5) is 58.0. The summed E-state index contributed by atoms with van der Waals surface area (Å²) >= 11 is 0. The van der Waals surface area contributed by atoms with Crippen LogP contribution in [0.3, 0.4) is 0 Å². The van der Waals surface area contributed by atoms with Crippen LogP contribution in [0, 0.1) is 0 Å². The number of rotatable bonds is 12. The van der Waals surface area contributed by atoms with Gasteiger partial charge in [-0.2, -0.15) is 0 Å². The molecule has 0 heterocycles. The van der Waals surface area contributed by atoms with Crippen molar-refractivity contribution in [2.45, 2.75) is 0 Å². The number of carbonyl (C=O) groups is 5. The van der Waals surface area contributed by atoms with Crippen LogP contribution in [0.15, 0.2) is 38.0 Å². The van der Waals surface area contributed by atoms with E-state index in [0.29, 0.717) is 0 Å². The number of hydrogen-bond donors (Lipinski definition) is 2. The molecule has 0 aliphatic carbocycles. The fourth-order valence-corrected chi connectivity index (χ4v) is 1.52. The smallest absolute Gasteiger partial charge is 0.330 e. The summed E-state index contributed by atoms with van der Waals surface area (Å²) in [5.74, 6) is -2.03. The van der Waals surface area contributed by atoms with E-state index in [1.807, 2.05) is 0 Å². The second kappa shape index (κ2) is 14.5. The molecular weight excluding hydrogens is 374 g/mol. The van der Waals surface area contributed by atoms with Crippen LogP contribution in [0.4, 0.5) is 9.59 Å². The van der Waals surface area contributed by atoms with Crippen LogP contribution >= 0.6 is 0 Å². The highest BCUT2D eigenvalue weighted by atomic mass is 16.5. The maximum Gasteiger partial charge on any atom is 0.330 e. The highest BCUT2D eigenvalue weighted by Gasteiger charge is 2.21. The van der Waals surface area contributed by atoms with Gasteiger partial charge in [-0.05, 0) is 0 Å². The van der Waals surface area contributed by atoms with Gasteiger partial charge < -0.3 is 24.8 Å². The number of nitrogens with zero attached hydrogens (tertiary/aromatic N) is 1. The van der Waals surface area contributed by atoms with Gasteiger partial charge in [-0.1, -0.05) is 19.7 Å². The first-order valence-corrected chi connectivity index (χ1v) is 8.06. The molecule has 28 heavy (non-hydrogen) atoms. The van der Waals surface area contributed by atoms with Crippen LogP contribution in [0.1, 0.15) is 0 Å². The summed E-state index contributed by atoms with van der Waals surface area (Å²) in [6, 6.07) is -1.63. The predicted molar refractivity (Wildman–Crippen MR) is 97.0 cm³/mol. The van der Waals surface area contributed by atoms with Gasteiger partial charge >= 0.3 is 30.0 Å². The zero-order valence-corrected chi connectivity index (χ0v) is 15.3. The lowest BCUT2D eigenvalue weighted by Gasteiger charge is -2.21. The minimum Gasteiger partial charge on any atom is -0.461 e. The Morgan fingerprint density at radius 1 is 0.679 bits per heavy atom. The lowest BCUT2D eigenvalue weighted by atomic mass is 10.5. The van der Waals surface area contributed by atoms with E-state index in [2.05, 4.69) is 30.4 Å². The average molecular weight is 397 g/mol. The van der Waals surface area contributed by atoms with Crippen LogP contribution in [-0.2, 0) is 28.6 Å². The monoisotopic (exact) mass is 397 g/mol. The molecule has 0 aromatic heterocycles. The van der Waals surface area contributed by atoms with E-state index in [1.165, 1.54) is 0 Å². The van der Waals surface area contributed by atoms with Crippen molar-refractivity contribution in [3.8, 4) is 0 Å². The topological polar surface area (TPSA) is 140 Å². The minimum absolute atomic E-state index is 0.0639. The van der Waals surface area contributed by atoms with Gasteiger partial charge in [0.05, 0.1) is 19.6 Å². The van der Waals surface area contributed by atoms with Gasteiger partial charge in [0.2, 0.25) is 0 Å². The summed E-state index contributed by atoms with van der Waals surface area (Å²) < 4.78 is 14.1. The summed E-state index contributed by atoms with van der Waals surface area (Å²) in [5.41, 5.74) is 0. The van der Waals surface area contributed by atoms with E-state index in [9.17, 15) is 24.0 Å². The molecule has 0 aromatic rings. The van der Waals surface area contributed by atoms with Gasteiger partial charge in [-0.15, -0.1) is 0 Å². The molecule has 0 unspecified atom stereocenters. The molecule has 0 aromatic carbocycles. The maximum atomic E-state index is 12.2.